The third kappa shape index (κ3) is 4.49. The highest BCUT2D eigenvalue weighted by Crippen LogP contribution is 2.23. The van der Waals surface area contributed by atoms with E-state index in [2.05, 4.69) is 4.98 Å². The van der Waals surface area contributed by atoms with Crippen LogP contribution in [0.15, 0.2) is 12.1 Å². The Morgan fingerprint density at radius 3 is 2.45 bits per heavy atom. The number of nitrogens with zero attached hydrogens (tertiary/aromatic N) is 2. The molecule has 0 aromatic carbocycles. The predicted octanol–water partition coefficient (Wildman–Crippen LogP) is 2.58. The minimum atomic E-state index is -0.937. The molecule has 0 aliphatic heterocycles. The molecule has 1 amide bonds. The van der Waals surface area contributed by atoms with E-state index >= 15 is 0 Å². The third-order valence-corrected chi connectivity index (χ3v) is 3.01. The van der Waals surface area contributed by atoms with Crippen LogP contribution in [0.2, 0.25) is 5.15 Å². The first kappa shape index (κ1) is 16.4. The summed E-state index contributed by atoms with van der Waals surface area (Å²) in [6, 6.07) is 3.20. The number of hydrogen-bond acceptors (Lipinski definition) is 3. The van der Waals surface area contributed by atoms with Crippen LogP contribution in [0.3, 0.4) is 0 Å². The first-order valence-corrected chi connectivity index (χ1v) is 6.64. The normalized spacial score (nSPS) is 11.2. The van der Waals surface area contributed by atoms with Crippen LogP contribution in [-0.2, 0) is 10.2 Å². The molecule has 0 saturated heterocycles. The second-order valence-corrected chi connectivity index (χ2v) is 6.07. The van der Waals surface area contributed by atoms with Gasteiger partial charge in [0, 0.05) is 30.3 Å². The number of pyridine rings is 1. The molecule has 6 heteroatoms. The van der Waals surface area contributed by atoms with Gasteiger partial charge >= 0.3 is 5.97 Å². The van der Waals surface area contributed by atoms with E-state index in [1.165, 1.54) is 11.0 Å². The van der Waals surface area contributed by atoms with Crippen molar-refractivity contribution in [2.24, 2.45) is 0 Å². The zero-order valence-corrected chi connectivity index (χ0v) is 12.9. The number of carbonyl (C=O) groups is 2. The Balaban J connectivity index is 2.98. The summed E-state index contributed by atoms with van der Waals surface area (Å²) in [5.41, 5.74) is 0.919. The summed E-state index contributed by atoms with van der Waals surface area (Å²) in [5.74, 6) is -1.20. The van der Waals surface area contributed by atoms with Gasteiger partial charge in [0.2, 0.25) is 0 Å². The van der Waals surface area contributed by atoms with Crippen LogP contribution < -0.4 is 0 Å². The first-order chi connectivity index (χ1) is 9.11. The molecule has 0 aliphatic rings. The van der Waals surface area contributed by atoms with E-state index < -0.39 is 5.97 Å². The molecule has 20 heavy (non-hydrogen) atoms. The molecule has 0 fully saturated rings. The van der Waals surface area contributed by atoms with Crippen molar-refractivity contribution in [2.75, 3.05) is 13.6 Å². The summed E-state index contributed by atoms with van der Waals surface area (Å²) >= 11 is 5.96. The van der Waals surface area contributed by atoms with Crippen molar-refractivity contribution in [3.8, 4) is 0 Å². The zero-order chi connectivity index (χ0) is 15.5. The molecule has 0 bridgehead atoms. The van der Waals surface area contributed by atoms with Crippen LogP contribution in [0.1, 0.15) is 43.2 Å². The molecule has 1 aromatic heterocycles. The molecule has 0 aliphatic carbocycles. The van der Waals surface area contributed by atoms with Crippen LogP contribution in [0, 0.1) is 0 Å². The highest BCUT2D eigenvalue weighted by Gasteiger charge is 2.20. The maximum Gasteiger partial charge on any atom is 0.305 e. The lowest BCUT2D eigenvalue weighted by molar-refractivity contribution is -0.137. The minimum absolute atomic E-state index is 0.0901. The molecule has 1 N–H and O–H groups in total. The second kappa shape index (κ2) is 6.22. The van der Waals surface area contributed by atoms with Gasteiger partial charge in [-0.3, -0.25) is 9.59 Å². The van der Waals surface area contributed by atoms with E-state index in [1.807, 2.05) is 20.8 Å². The van der Waals surface area contributed by atoms with Crippen molar-refractivity contribution in [2.45, 2.75) is 32.6 Å². The van der Waals surface area contributed by atoms with Gasteiger partial charge in [-0.15, -0.1) is 0 Å². The van der Waals surface area contributed by atoms with Crippen molar-refractivity contribution >= 4 is 23.5 Å². The van der Waals surface area contributed by atoms with Crippen LogP contribution in [0.4, 0.5) is 0 Å². The van der Waals surface area contributed by atoms with E-state index in [0.717, 1.165) is 5.69 Å². The molecule has 110 valence electrons. The lowest BCUT2D eigenvalue weighted by Gasteiger charge is -2.21. The SMILES string of the molecule is CN(CCC(=O)O)C(=O)c1cc(Cl)nc(C(C)(C)C)c1. The first-order valence-electron chi connectivity index (χ1n) is 6.26. The highest BCUT2D eigenvalue weighted by molar-refractivity contribution is 6.29. The van der Waals surface area contributed by atoms with Gasteiger partial charge in [-0.05, 0) is 12.1 Å². The van der Waals surface area contributed by atoms with Gasteiger partial charge in [0.1, 0.15) is 5.15 Å². The average Bonchev–Trinajstić information content (AvgIpc) is 2.33. The molecule has 0 saturated carbocycles. The summed E-state index contributed by atoms with van der Waals surface area (Å²) in [4.78, 5) is 28.4. The number of aliphatic carboxylic acids is 1. The summed E-state index contributed by atoms with van der Waals surface area (Å²) in [6.45, 7) is 6.09. The Labute approximate surface area is 123 Å². The summed E-state index contributed by atoms with van der Waals surface area (Å²) in [5, 5.41) is 8.90. The highest BCUT2D eigenvalue weighted by atomic mass is 35.5. The van der Waals surface area contributed by atoms with E-state index in [4.69, 9.17) is 16.7 Å². The van der Waals surface area contributed by atoms with Gasteiger partial charge in [-0.2, -0.15) is 0 Å². The number of carbonyl (C=O) groups excluding carboxylic acids is 1. The number of carboxylic acids is 1. The third-order valence-electron chi connectivity index (χ3n) is 2.82. The maximum atomic E-state index is 12.2. The monoisotopic (exact) mass is 298 g/mol. The second-order valence-electron chi connectivity index (χ2n) is 5.68. The molecule has 0 unspecified atom stereocenters. The number of hydrogen-bond donors (Lipinski definition) is 1. The van der Waals surface area contributed by atoms with Gasteiger partial charge in [0.15, 0.2) is 0 Å². The molecule has 5 nitrogen and oxygen atoms in total. The van der Waals surface area contributed by atoms with E-state index in [0.29, 0.717) is 5.56 Å². The number of rotatable bonds is 4. The van der Waals surface area contributed by atoms with Crippen LogP contribution in [0.25, 0.3) is 0 Å². The Morgan fingerprint density at radius 1 is 1.35 bits per heavy atom. The topological polar surface area (TPSA) is 70.5 Å². The lowest BCUT2D eigenvalue weighted by atomic mass is 9.91. The molecule has 0 spiro atoms. The fourth-order valence-corrected chi connectivity index (χ4v) is 1.80. The van der Waals surface area contributed by atoms with Crippen LogP contribution >= 0.6 is 11.6 Å². The summed E-state index contributed by atoms with van der Waals surface area (Å²) in [6.07, 6.45) is -0.0901. The molecule has 1 heterocycles. The van der Waals surface area contributed by atoms with Gasteiger partial charge in [-0.25, -0.2) is 4.98 Å². The standard InChI is InChI=1S/C14H19ClN2O3/c1-14(2,3)10-7-9(8-11(15)16-10)13(20)17(4)6-5-12(18)19/h7-8H,5-6H2,1-4H3,(H,18,19). The minimum Gasteiger partial charge on any atom is -0.481 e. The summed E-state index contributed by atoms with van der Waals surface area (Å²) in [7, 11) is 1.57. The van der Waals surface area contributed by atoms with E-state index in [9.17, 15) is 9.59 Å². The Hall–Kier alpha value is -1.62. The van der Waals surface area contributed by atoms with Crippen molar-refractivity contribution in [3.63, 3.8) is 0 Å². The lowest BCUT2D eigenvalue weighted by Crippen LogP contribution is -2.29. The largest absolute Gasteiger partial charge is 0.481 e. The maximum absolute atomic E-state index is 12.2. The molecule has 1 rings (SSSR count). The molecule has 0 radical (unpaired) electrons. The number of aromatic nitrogens is 1. The quantitative estimate of drug-likeness (QED) is 0.867. The number of carboxylic acid groups (broad SMARTS) is 1. The number of amides is 1. The van der Waals surface area contributed by atoms with Crippen molar-refractivity contribution < 1.29 is 14.7 Å². The smallest absolute Gasteiger partial charge is 0.305 e. The van der Waals surface area contributed by atoms with Crippen LogP contribution in [-0.4, -0.2) is 40.5 Å². The predicted molar refractivity (Wildman–Crippen MR) is 77.2 cm³/mol. The van der Waals surface area contributed by atoms with Gasteiger partial charge in [-0.1, -0.05) is 32.4 Å². The molecular weight excluding hydrogens is 280 g/mol. The fourth-order valence-electron chi connectivity index (χ4n) is 1.59. The average molecular weight is 299 g/mol. The van der Waals surface area contributed by atoms with Crippen molar-refractivity contribution in [1.29, 1.82) is 0 Å². The molecular formula is C14H19ClN2O3. The summed E-state index contributed by atoms with van der Waals surface area (Å²) < 4.78 is 0. The van der Waals surface area contributed by atoms with Crippen molar-refractivity contribution in [3.05, 3.63) is 28.5 Å². The number of halogens is 1. The van der Waals surface area contributed by atoms with E-state index in [-0.39, 0.29) is 29.4 Å². The van der Waals surface area contributed by atoms with Gasteiger partial charge in [0.05, 0.1) is 6.42 Å². The molecule has 0 atom stereocenters. The van der Waals surface area contributed by atoms with Gasteiger partial charge in [0.25, 0.3) is 5.91 Å². The zero-order valence-electron chi connectivity index (χ0n) is 12.1. The van der Waals surface area contributed by atoms with Crippen molar-refractivity contribution in [1.82, 2.24) is 9.88 Å². The Kier molecular flexibility index (Phi) is 5.11. The van der Waals surface area contributed by atoms with E-state index in [1.54, 1.807) is 13.1 Å². The Bertz CT molecular complexity index is 524. The molecule has 1 aromatic rings. The Morgan fingerprint density at radius 2 is 1.95 bits per heavy atom. The fraction of sp³-hybridized carbons (Fsp3) is 0.500. The van der Waals surface area contributed by atoms with Gasteiger partial charge < -0.3 is 10.0 Å². The van der Waals surface area contributed by atoms with Crippen LogP contribution in [0.5, 0.6) is 0 Å².